The van der Waals surface area contributed by atoms with Crippen molar-refractivity contribution in [3.63, 3.8) is 0 Å². The van der Waals surface area contributed by atoms with Crippen LogP contribution in [0.3, 0.4) is 0 Å². The van der Waals surface area contributed by atoms with E-state index in [0.717, 1.165) is 24.8 Å². The maximum absolute atomic E-state index is 9.46. The van der Waals surface area contributed by atoms with E-state index in [4.69, 9.17) is 23.2 Å². The van der Waals surface area contributed by atoms with Gasteiger partial charge in [0.2, 0.25) is 0 Å². The standard InChI is InChI=1S/C12H16Cl2O/c1-3-8(2)4-5-9-10(13)6-7-11(15)12(9)14/h6-8,15H,3-5H2,1-2H3. The van der Waals surface area contributed by atoms with Gasteiger partial charge in [0.15, 0.2) is 0 Å². The normalized spacial score (nSPS) is 12.8. The van der Waals surface area contributed by atoms with Crippen molar-refractivity contribution in [2.24, 2.45) is 5.92 Å². The Bertz CT molecular complexity index is 337. The summed E-state index contributed by atoms with van der Waals surface area (Å²) in [6, 6.07) is 3.21. The Labute approximate surface area is 101 Å². The number of phenolic OH excluding ortho intramolecular Hbond substituents is 1. The second-order valence-corrected chi connectivity index (χ2v) is 4.70. The van der Waals surface area contributed by atoms with E-state index in [1.54, 1.807) is 6.07 Å². The minimum atomic E-state index is 0.111. The average Bonchev–Trinajstić information content (AvgIpc) is 2.23. The SMILES string of the molecule is CCC(C)CCc1c(Cl)ccc(O)c1Cl. The molecule has 1 aromatic carbocycles. The van der Waals surface area contributed by atoms with E-state index < -0.39 is 0 Å². The predicted molar refractivity (Wildman–Crippen MR) is 65.9 cm³/mol. The molecule has 0 aromatic heterocycles. The molecular formula is C12H16Cl2O. The Hall–Kier alpha value is -0.400. The van der Waals surface area contributed by atoms with Crippen LogP contribution in [0.15, 0.2) is 12.1 Å². The molecule has 1 unspecified atom stereocenters. The lowest BCUT2D eigenvalue weighted by Crippen LogP contribution is -1.97. The third-order valence-corrected chi connectivity index (χ3v) is 3.53. The van der Waals surface area contributed by atoms with Crippen LogP contribution in [0.2, 0.25) is 10.0 Å². The molecule has 0 aliphatic rings. The Balaban J connectivity index is 2.80. The van der Waals surface area contributed by atoms with E-state index in [1.165, 1.54) is 6.07 Å². The summed E-state index contributed by atoms with van der Waals surface area (Å²) in [7, 11) is 0. The molecule has 1 atom stereocenters. The first kappa shape index (κ1) is 12.7. The van der Waals surface area contributed by atoms with E-state index in [1.807, 2.05) is 0 Å². The summed E-state index contributed by atoms with van der Waals surface area (Å²) < 4.78 is 0. The van der Waals surface area contributed by atoms with Crippen LogP contribution in [-0.2, 0) is 6.42 Å². The lowest BCUT2D eigenvalue weighted by molar-refractivity contribution is 0.473. The summed E-state index contributed by atoms with van der Waals surface area (Å²) in [5.41, 5.74) is 0.860. The second-order valence-electron chi connectivity index (χ2n) is 3.91. The van der Waals surface area contributed by atoms with Crippen molar-refractivity contribution in [3.05, 3.63) is 27.7 Å². The first-order valence-corrected chi connectivity index (χ1v) is 5.97. The molecule has 0 saturated heterocycles. The lowest BCUT2D eigenvalue weighted by Gasteiger charge is -2.11. The van der Waals surface area contributed by atoms with Gasteiger partial charge in [0.1, 0.15) is 5.75 Å². The number of rotatable bonds is 4. The van der Waals surface area contributed by atoms with Crippen LogP contribution in [0.1, 0.15) is 32.3 Å². The summed E-state index contributed by atoms with van der Waals surface area (Å²) in [6.07, 6.45) is 3.01. The molecule has 1 N–H and O–H groups in total. The molecule has 3 heteroatoms. The third kappa shape index (κ3) is 3.29. The minimum absolute atomic E-state index is 0.111. The summed E-state index contributed by atoms with van der Waals surface area (Å²) in [4.78, 5) is 0. The fourth-order valence-corrected chi connectivity index (χ4v) is 1.97. The molecule has 0 radical (unpaired) electrons. The number of hydrogen-bond acceptors (Lipinski definition) is 1. The number of hydrogen-bond donors (Lipinski definition) is 1. The quantitative estimate of drug-likeness (QED) is 0.819. The van der Waals surface area contributed by atoms with Crippen molar-refractivity contribution in [1.29, 1.82) is 0 Å². The third-order valence-electron chi connectivity index (χ3n) is 2.75. The van der Waals surface area contributed by atoms with Crippen LogP contribution in [0.5, 0.6) is 5.75 Å². The van der Waals surface area contributed by atoms with Crippen molar-refractivity contribution < 1.29 is 5.11 Å². The van der Waals surface area contributed by atoms with Crippen LogP contribution in [-0.4, -0.2) is 5.11 Å². The van der Waals surface area contributed by atoms with Gasteiger partial charge < -0.3 is 5.11 Å². The Morgan fingerprint density at radius 3 is 2.60 bits per heavy atom. The fraction of sp³-hybridized carbons (Fsp3) is 0.500. The zero-order valence-electron chi connectivity index (χ0n) is 9.06. The van der Waals surface area contributed by atoms with Gasteiger partial charge in [-0.25, -0.2) is 0 Å². The molecule has 1 nitrogen and oxygen atoms in total. The minimum Gasteiger partial charge on any atom is -0.506 e. The smallest absolute Gasteiger partial charge is 0.134 e. The van der Waals surface area contributed by atoms with E-state index in [2.05, 4.69) is 13.8 Å². The molecule has 84 valence electrons. The number of phenols is 1. The molecule has 0 aliphatic heterocycles. The van der Waals surface area contributed by atoms with Gasteiger partial charge in [-0.3, -0.25) is 0 Å². The van der Waals surface area contributed by atoms with Gasteiger partial charge in [0, 0.05) is 5.02 Å². The van der Waals surface area contributed by atoms with E-state index in [9.17, 15) is 5.11 Å². The van der Waals surface area contributed by atoms with Crippen molar-refractivity contribution in [2.45, 2.75) is 33.1 Å². The molecule has 0 saturated carbocycles. The number of benzene rings is 1. The van der Waals surface area contributed by atoms with Crippen LogP contribution >= 0.6 is 23.2 Å². The first-order valence-electron chi connectivity index (χ1n) is 5.22. The van der Waals surface area contributed by atoms with E-state index >= 15 is 0 Å². The van der Waals surface area contributed by atoms with Crippen molar-refractivity contribution in [2.75, 3.05) is 0 Å². The second kappa shape index (κ2) is 5.62. The molecule has 0 fully saturated rings. The van der Waals surface area contributed by atoms with Crippen LogP contribution < -0.4 is 0 Å². The highest BCUT2D eigenvalue weighted by Gasteiger charge is 2.11. The van der Waals surface area contributed by atoms with Crippen LogP contribution in [0, 0.1) is 5.92 Å². The number of halogens is 2. The highest BCUT2D eigenvalue weighted by Crippen LogP contribution is 2.33. The zero-order valence-corrected chi connectivity index (χ0v) is 10.6. The average molecular weight is 247 g/mol. The molecule has 0 amide bonds. The zero-order chi connectivity index (χ0) is 11.4. The van der Waals surface area contributed by atoms with Crippen molar-refractivity contribution in [3.8, 4) is 5.75 Å². The van der Waals surface area contributed by atoms with Crippen LogP contribution in [0.4, 0.5) is 0 Å². The van der Waals surface area contributed by atoms with E-state index in [0.29, 0.717) is 16.0 Å². The molecule has 0 aliphatic carbocycles. The maximum atomic E-state index is 9.46. The number of aromatic hydroxyl groups is 1. The molecular weight excluding hydrogens is 231 g/mol. The van der Waals surface area contributed by atoms with Gasteiger partial charge in [-0.05, 0) is 36.5 Å². The van der Waals surface area contributed by atoms with Gasteiger partial charge in [0.25, 0.3) is 0 Å². The largest absolute Gasteiger partial charge is 0.506 e. The molecule has 1 rings (SSSR count). The Morgan fingerprint density at radius 2 is 2.00 bits per heavy atom. The predicted octanol–water partition coefficient (Wildman–Crippen LogP) is 4.68. The van der Waals surface area contributed by atoms with Gasteiger partial charge in [-0.2, -0.15) is 0 Å². The Kier molecular flexibility index (Phi) is 4.75. The van der Waals surface area contributed by atoms with Crippen molar-refractivity contribution >= 4 is 23.2 Å². The summed E-state index contributed by atoms with van der Waals surface area (Å²) in [5, 5.41) is 10.5. The molecule has 0 heterocycles. The monoisotopic (exact) mass is 246 g/mol. The van der Waals surface area contributed by atoms with Gasteiger partial charge in [0.05, 0.1) is 5.02 Å². The summed E-state index contributed by atoms with van der Waals surface area (Å²) >= 11 is 12.0. The summed E-state index contributed by atoms with van der Waals surface area (Å²) in [6.45, 7) is 4.36. The molecule has 1 aromatic rings. The van der Waals surface area contributed by atoms with Crippen molar-refractivity contribution in [1.82, 2.24) is 0 Å². The topological polar surface area (TPSA) is 20.2 Å². The summed E-state index contributed by atoms with van der Waals surface area (Å²) in [5.74, 6) is 0.764. The van der Waals surface area contributed by atoms with Crippen LogP contribution in [0.25, 0.3) is 0 Å². The maximum Gasteiger partial charge on any atom is 0.134 e. The first-order chi connectivity index (χ1) is 7.06. The van der Waals surface area contributed by atoms with E-state index in [-0.39, 0.29) is 5.75 Å². The highest BCUT2D eigenvalue weighted by molar-refractivity contribution is 6.36. The molecule has 0 spiro atoms. The lowest BCUT2D eigenvalue weighted by atomic mass is 9.99. The Morgan fingerprint density at radius 1 is 1.33 bits per heavy atom. The van der Waals surface area contributed by atoms with Gasteiger partial charge >= 0.3 is 0 Å². The van der Waals surface area contributed by atoms with Gasteiger partial charge in [-0.1, -0.05) is 43.5 Å². The molecule has 0 bridgehead atoms. The van der Waals surface area contributed by atoms with Gasteiger partial charge in [-0.15, -0.1) is 0 Å². The fourth-order valence-electron chi connectivity index (χ4n) is 1.41. The molecule has 15 heavy (non-hydrogen) atoms. The highest BCUT2D eigenvalue weighted by atomic mass is 35.5.